The van der Waals surface area contributed by atoms with Crippen LogP contribution in [0.25, 0.3) is 0 Å². The Bertz CT molecular complexity index is 467. The summed E-state index contributed by atoms with van der Waals surface area (Å²) in [6.45, 7) is 0. The maximum absolute atomic E-state index is 12.0. The zero-order valence-electron chi connectivity index (χ0n) is 11.2. The molecule has 1 fully saturated rings. The lowest BCUT2D eigenvalue weighted by molar-refractivity contribution is -0.113. The molecule has 1 aromatic rings. The molecule has 4 nitrogen and oxygen atoms in total. The zero-order valence-corrected chi connectivity index (χ0v) is 12.0. The molecule has 2 rings (SSSR count). The number of benzene rings is 1. The fourth-order valence-corrected chi connectivity index (χ4v) is 2.35. The van der Waals surface area contributed by atoms with E-state index in [9.17, 15) is 9.59 Å². The summed E-state index contributed by atoms with van der Waals surface area (Å²) in [4.78, 5) is 23.1. The number of hydrogen-bond donors (Lipinski definition) is 1. The molecule has 0 radical (unpaired) electrons. The number of anilines is 1. The Morgan fingerprint density at radius 1 is 1.15 bits per heavy atom. The Morgan fingerprint density at radius 2 is 1.80 bits per heavy atom. The summed E-state index contributed by atoms with van der Waals surface area (Å²) in [5.74, 6) is -0.665. The van der Waals surface area contributed by atoms with Crippen LogP contribution in [-0.2, 0) is 9.53 Å². The van der Waals surface area contributed by atoms with Crippen LogP contribution in [0.2, 0.25) is 0 Å². The van der Waals surface area contributed by atoms with Crippen LogP contribution in [0.15, 0.2) is 24.3 Å². The smallest absolute Gasteiger partial charge is 0.338 e. The third-order valence-corrected chi connectivity index (χ3v) is 3.59. The van der Waals surface area contributed by atoms with E-state index in [-0.39, 0.29) is 23.9 Å². The second-order valence-electron chi connectivity index (χ2n) is 4.92. The lowest BCUT2D eigenvalue weighted by Gasteiger charge is -2.21. The van der Waals surface area contributed by atoms with Crippen LogP contribution >= 0.6 is 11.6 Å². The van der Waals surface area contributed by atoms with Crippen LogP contribution in [-0.4, -0.2) is 23.9 Å². The summed E-state index contributed by atoms with van der Waals surface area (Å²) >= 11 is 5.41. The van der Waals surface area contributed by atoms with E-state index in [4.69, 9.17) is 16.3 Å². The van der Waals surface area contributed by atoms with Gasteiger partial charge in [-0.25, -0.2) is 4.79 Å². The highest BCUT2D eigenvalue weighted by Gasteiger charge is 2.18. The first-order valence-corrected chi connectivity index (χ1v) is 7.39. The number of amides is 1. The van der Waals surface area contributed by atoms with E-state index >= 15 is 0 Å². The number of rotatable bonds is 4. The van der Waals surface area contributed by atoms with Gasteiger partial charge in [-0.15, -0.1) is 11.6 Å². The van der Waals surface area contributed by atoms with Crippen LogP contribution in [0.3, 0.4) is 0 Å². The topological polar surface area (TPSA) is 55.4 Å². The number of halogens is 1. The Morgan fingerprint density at radius 3 is 2.40 bits per heavy atom. The molecular formula is C15H18ClNO3. The quantitative estimate of drug-likeness (QED) is 0.684. The van der Waals surface area contributed by atoms with Crippen LogP contribution in [0, 0.1) is 0 Å². The molecule has 0 atom stereocenters. The highest BCUT2D eigenvalue weighted by Crippen LogP contribution is 2.21. The van der Waals surface area contributed by atoms with Gasteiger partial charge >= 0.3 is 5.97 Å². The number of alkyl halides is 1. The largest absolute Gasteiger partial charge is 0.459 e. The number of esters is 1. The SMILES string of the molecule is O=C(CCl)Nc1ccc(C(=O)OC2CCCCC2)cc1. The molecule has 0 saturated heterocycles. The molecule has 1 amide bonds. The van der Waals surface area contributed by atoms with E-state index in [0.29, 0.717) is 11.3 Å². The fraction of sp³-hybridized carbons (Fsp3) is 0.467. The second-order valence-corrected chi connectivity index (χ2v) is 5.19. The van der Waals surface area contributed by atoms with Crippen molar-refractivity contribution in [1.82, 2.24) is 0 Å². The number of nitrogens with one attached hydrogen (secondary N) is 1. The number of carbonyl (C=O) groups excluding carboxylic acids is 2. The van der Waals surface area contributed by atoms with Crippen molar-refractivity contribution in [2.24, 2.45) is 0 Å². The molecule has 0 spiro atoms. The maximum atomic E-state index is 12.0. The van der Waals surface area contributed by atoms with Crippen LogP contribution < -0.4 is 5.32 Å². The molecular weight excluding hydrogens is 278 g/mol. The van der Waals surface area contributed by atoms with Crippen LogP contribution in [0.4, 0.5) is 5.69 Å². The predicted molar refractivity (Wildman–Crippen MR) is 78.1 cm³/mol. The number of hydrogen-bond acceptors (Lipinski definition) is 3. The van der Waals surface area contributed by atoms with Crippen molar-refractivity contribution >= 4 is 29.2 Å². The highest BCUT2D eigenvalue weighted by atomic mass is 35.5. The zero-order chi connectivity index (χ0) is 14.4. The molecule has 0 aromatic heterocycles. The fourth-order valence-electron chi connectivity index (χ4n) is 2.29. The van der Waals surface area contributed by atoms with Gasteiger partial charge in [-0.2, -0.15) is 0 Å². The average molecular weight is 296 g/mol. The monoisotopic (exact) mass is 295 g/mol. The minimum absolute atomic E-state index is 0.0480. The average Bonchev–Trinajstić information content (AvgIpc) is 2.49. The minimum Gasteiger partial charge on any atom is -0.459 e. The minimum atomic E-state index is -0.299. The van der Waals surface area contributed by atoms with Crippen molar-refractivity contribution in [3.05, 3.63) is 29.8 Å². The number of carbonyl (C=O) groups is 2. The van der Waals surface area contributed by atoms with E-state index < -0.39 is 0 Å². The molecule has 1 N–H and O–H groups in total. The van der Waals surface area contributed by atoms with Crippen LogP contribution in [0.5, 0.6) is 0 Å². The second kappa shape index (κ2) is 7.29. The molecule has 1 saturated carbocycles. The van der Waals surface area contributed by atoms with E-state index in [1.807, 2.05) is 0 Å². The van der Waals surface area contributed by atoms with Gasteiger partial charge in [0.15, 0.2) is 0 Å². The van der Waals surface area contributed by atoms with Gasteiger partial charge in [0, 0.05) is 5.69 Å². The Kier molecular flexibility index (Phi) is 5.41. The lowest BCUT2D eigenvalue weighted by Crippen LogP contribution is -2.21. The number of ether oxygens (including phenoxy) is 1. The summed E-state index contributed by atoms with van der Waals surface area (Å²) in [7, 11) is 0. The van der Waals surface area contributed by atoms with Crippen molar-refractivity contribution in [2.45, 2.75) is 38.2 Å². The van der Waals surface area contributed by atoms with Crippen molar-refractivity contribution in [1.29, 1.82) is 0 Å². The third kappa shape index (κ3) is 4.23. The summed E-state index contributed by atoms with van der Waals surface area (Å²) in [6.07, 6.45) is 5.43. The van der Waals surface area contributed by atoms with Gasteiger partial charge in [0.05, 0.1) is 5.56 Å². The predicted octanol–water partition coefficient (Wildman–Crippen LogP) is 3.35. The van der Waals surface area contributed by atoms with E-state index in [1.54, 1.807) is 24.3 Å². The van der Waals surface area contributed by atoms with Crippen LogP contribution in [0.1, 0.15) is 42.5 Å². The summed E-state index contributed by atoms with van der Waals surface area (Å²) in [5.41, 5.74) is 1.12. The first kappa shape index (κ1) is 14.9. The lowest BCUT2D eigenvalue weighted by atomic mass is 9.98. The van der Waals surface area contributed by atoms with Gasteiger partial charge in [0.1, 0.15) is 12.0 Å². The van der Waals surface area contributed by atoms with Crippen molar-refractivity contribution in [3.63, 3.8) is 0 Å². The molecule has 0 unspecified atom stereocenters. The van der Waals surface area contributed by atoms with Gasteiger partial charge in [0.25, 0.3) is 0 Å². The Hall–Kier alpha value is -1.55. The molecule has 1 aliphatic rings. The maximum Gasteiger partial charge on any atom is 0.338 e. The summed E-state index contributed by atoms with van der Waals surface area (Å²) in [5, 5.41) is 2.62. The standard InChI is InChI=1S/C15H18ClNO3/c16-10-14(18)17-12-8-6-11(7-9-12)15(19)20-13-4-2-1-3-5-13/h6-9,13H,1-5,10H2,(H,17,18). The van der Waals surface area contributed by atoms with Gasteiger partial charge in [-0.05, 0) is 49.9 Å². The van der Waals surface area contributed by atoms with Gasteiger partial charge in [0.2, 0.25) is 5.91 Å². The van der Waals surface area contributed by atoms with Gasteiger partial charge < -0.3 is 10.1 Å². The van der Waals surface area contributed by atoms with E-state index in [2.05, 4.69) is 5.32 Å². The van der Waals surface area contributed by atoms with Crippen molar-refractivity contribution in [2.75, 3.05) is 11.2 Å². The Labute approximate surface area is 123 Å². The van der Waals surface area contributed by atoms with E-state index in [0.717, 1.165) is 25.7 Å². The summed E-state index contributed by atoms with van der Waals surface area (Å²) in [6, 6.07) is 6.63. The Balaban J connectivity index is 1.91. The summed E-state index contributed by atoms with van der Waals surface area (Å²) < 4.78 is 5.47. The molecule has 5 heteroatoms. The normalized spacial score (nSPS) is 15.7. The third-order valence-electron chi connectivity index (χ3n) is 3.35. The highest BCUT2D eigenvalue weighted by molar-refractivity contribution is 6.29. The molecule has 0 aliphatic heterocycles. The molecule has 0 bridgehead atoms. The van der Waals surface area contributed by atoms with Gasteiger partial charge in [-0.1, -0.05) is 6.42 Å². The molecule has 1 aromatic carbocycles. The first-order valence-electron chi connectivity index (χ1n) is 6.86. The molecule has 20 heavy (non-hydrogen) atoms. The molecule has 0 heterocycles. The van der Waals surface area contributed by atoms with Crippen molar-refractivity contribution < 1.29 is 14.3 Å². The van der Waals surface area contributed by atoms with Gasteiger partial charge in [-0.3, -0.25) is 4.79 Å². The van der Waals surface area contributed by atoms with Crippen molar-refractivity contribution in [3.8, 4) is 0 Å². The van der Waals surface area contributed by atoms with E-state index in [1.165, 1.54) is 6.42 Å². The molecule has 1 aliphatic carbocycles. The first-order chi connectivity index (χ1) is 9.69. The molecule has 108 valence electrons.